The lowest BCUT2D eigenvalue weighted by Gasteiger charge is -2.31. The number of fused-ring (bicyclic) bond motifs is 3. The highest BCUT2D eigenvalue weighted by atomic mass is 16.5. The van der Waals surface area contributed by atoms with Crippen LogP contribution in [0.2, 0.25) is 0 Å². The van der Waals surface area contributed by atoms with E-state index in [1.807, 2.05) is 35.2 Å². The molecule has 172 valence electrons. The summed E-state index contributed by atoms with van der Waals surface area (Å²) < 4.78 is 5.85. The van der Waals surface area contributed by atoms with Gasteiger partial charge in [-0.1, -0.05) is 12.1 Å². The number of pyridine rings is 1. The smallest absolute Gasteiger partial charge is 0.253 e. The van der Waals surface area contributed by atoms with Gasteiger partial charge in [0, 0.05) is 50.2 Å². The van der Waals surface area contributed by atoms with Crippen LogP contribution in [-0.2, 0) is 11.2 Å². The fraction of sp³-hybridized carbons (Fsp3) is 0.346. The minimum absolute atomic E-state index is 0.0311. The number of benzene rings is 1. The Bertz CT molecular complexity index is 1280. The molecule has 2 aromatic heterocycles. The second-order valence-electron chi connectivity index (χ2n) is 9.63. The van der Waals surface area contributed by atoms with Gasteiger partial charge in [0.2, 0.25) is 11.8 Å². The van der Waals surface area contributed by atoms with E-state index >= 15 is 0 Å². The van der Waals surface area contributed by atoms with Gasteiger partial charge in [-0.3, -0.25) is 9.59 Å². The van der Waals surface area contributed by atoms with Crippen LogP contribution in [0.15, 0.2) is 48.9 Å². The number of hydrogen-bond donors (Lipinski definition) is 0. The third-order valence-corrected chi connectivity index (χ3v) is 7.02. The van der Waals surface area contributed by atoms with Crippen LogP contribution >= 0.6 is 0 Å². The zero-order chi connectivity index (χ0) is 23.4. The summed E-state index contributed by atoms with van der Waals surface area (Å²) in [6.07, 6.45) is 8.70. The molecule has 2 amide bonds. The summed E-state index contributed by atoms with van der Waals surface area (Å²) >= 11 is 0. The van der Waals surface area contributed by atoms with E-state index in [1.54, 1.807) is 37.6 Å². The van der Waals surface area contributed by atoms with Crippen molar-refractivity contribution in [3.05, 3.63) is 65.9 Å². The second-order valence-corrected chi connectivity index (χ2v) is 9.63. The van der Waals surface area contributed by atoms with Crippen molar-refractivity contribution in [2.75, 3.05) is 25.6 Å². The summed E-state index contributed by atoms with van der Waals surface area (Å²) in [7, 11) is 3.47. The number of rotatable bonds is 4. The molecule has 3 aromatic rings. The van der Waals surface area contributed by atoms with E-state index in [-0.39, 0.29) is 23.3 Å². The van der Waals surface area contributed by atoms with Gasteiger partial charge in [0.1, 0.15) is 18.1 Å². The third kappa shape index (κ3) is 3.41. The minimum Gasteiger partial charge on any atom is -0.474 e. The molecule has 8 heteroatoms. The topological polar surface area (TPSA) is 88.5 Å². The summed E-state index contributed by atoms with van der Waals surface area (Å²) in [6.45, 7) is 0.516. The molecule has 2 fully saturated rings. The van der Waals surface area contributed by atoms with Crippen LogP contribution in [0.3, 0.4) is 0 Å². The van der Waals surface area contributed by atoms with E-state index in [0.29, 0.717) is 30.3 Å². The number of hydrogen-bond acceptors (Lipinski definition) is 6. The number of aromatic nitrogens is 3. The Labute approximate surface area is 197 Å². The lowest BCUT2D eigenvalue weighted by molar-refractivity contribution is -0.121. The summed E-state index contributed by atoms with van der Waals surface area (Å²) in [6, 6.07) is 9.52. The van der Waals surface area contributed by atoms with Crippen molar-refractivity contribution in [3.8, 4) is 17.0 Å². The molecule has 0 N–H and O–H groups in total. The van der Waals surface area contributed by atoms with E-state index in [1.165, 1.54) is 0 Å². The highest BCUT2D eigenvalue weighted by molar-refractivity contribution is 6.03. The van der Waals surface area contributed by atoms with Gasteiger partial charge in [0.15, 0.2) is 0 Å². The first-order chi connectivity index (χ1) is 16.4. The highest BCUT2D eigenvalue weighted by Crippen LogP contribution is 2.58. The molecule has 4 heterocycles. The molecule has 0 bridgehead atoms. The Balaban J connectivity index is 1.20. The van der Waals surface area contributed by atoms with Crippen LogP contribution in [0.4, 0.5) is 5.69 Å². The van der Waals surface area contributed by atoms with E-state index < -0.39 is 0 Å². The molecule has 1 aromatic carbocycles. The maximum absolute atomic E-state index is 13.0. The van der Waals surface area contributed by atoms with Gasteiger partial charge in [-0.05, 0) is 48.6 Å². The van der Waals surface area contributed by atoms with Crippen LogP contribution in [0, 0.1) is 5.41 Å². The Morgan fingerprint density at radius 1 is 1.09 bits per heavy atom. The van der Waals surface area contributed by atoms with E-state index in [4.69, 9.17) is 4.74 Å². The van der Waals surface area contributed by atoms with E-state index in [0.717, 1.165) is 41.6 Å². The largest absolute Gasteiger partial charge is 0.474 e. The van der Waals surface area contributed by atoms with Gasteiger partial charge in [-0.25, -0.2) is 15.0 Å². The van der Waals surface area contributed by atoms with Crippen LogP contribution in [0.1, 0.15) is 41.0 Å². The number of carbonyl (C=O) groups is 2. The molecule has 1 spiro atoms. The number of anilines is 1. The fourth-order valence-electron chi connectivity index (χ4n) is 4.94. The zero-order valence-corrected chi connectivity index (χ0v) is 19.2. The minimum atomic E-state index is -0.150. The maximum Gasteiger partial charge on any atom is 0.253 e. The summed E-state index contributed by atoms with van der Waals surface area (Å²) in [5, 5.41) is 0. The van der Waals surface area contributed by atoms with E-state index in [9.17, 15) is 9.59 Å². The van der Waals surface area contributed by atoms with Gasteiger partial charge in [-0.2, -0.15) is 0 Å². The maximum atomic E-state index is 13.0. The van der Waals surface area contributed by atoms with Crippen molar-refractivity contribution in [2.45, 2.75) is 31.7 Å². The lowest BCUT2D eigenvalue weighted by Crippen LogP contribution is -2.41. The normalized spacial score (nSPS) is 19.4. The second kappa shape index (κ2) is 7.62. The Morgan fingerprint density at radius 2 is 1.82 bits per heavy atom. The molecule has 6 rings (SSSR count). The van der Waals surface area contributed by atoms with Crippen LogP contribution in [0.5, 0.6) is 5.88 Å². The number of ether oxygens (including phenoxy) is 1. The monoisotopic (exact) mass is 455 g/mol. The molecule has 34 heavy (non-hydrogen) atoms. The molecule has 3 aliphatic rings. The molecule has 1 saturated heterocycles. The molecule has 1 saturated carbocycles. The van der Waals surface area contributed by atoms with Gasteiger partial charge >= 0.3 is 0 Å². The number of nitrogens with zero attached hydrogens (tertiary/aromatic N) is 5. The molecule has 0 radical (unpaired) electrons. The molecule has 0 unspecified atom stereocenters. The standard InChI is InChI=1S/C26H25N5O3/c1-30(2)24(32)18-5-3-17(4-6-18)19-13-27-22(28-14-19)10-16-9-21-23(29-12-16)34-15-20-11-26(7-8-26)25(33)31(20)21/h3-6,9,12-14,20H,7-8,10-11,15H2,1-2H3/t20-/m0/s1. The fourth-order valence-corrected chi connectivity index (χ4v) is 4.94. The van der Waals surface area contributed by atoms with Crippen LogP contribution < -0.4 is 9.64 Å². The number of carbonyl (C=O) groups excluding carboxylic acids is 2. The number of amides is 2. The lowest BCUT2D eigenvalue weighted by atomic mass is 10.0. The molecule has 1 atom stereocenters. The predicted molar refractivity (Wildman–Crippen MR) is 126 cm³/mol. The molecule has 2 aliphatic heterocycles. The Morgan fingerprint density at radius 3 is 2.50 bits per heavy atom. The first-order valence-corrected chi connectivity index (χ1v) is 11.5. The van der Waals surface area contributed by atoms with Crippen molar-refractivity contribution in [3.63, 3.8) is 0 Å². The van der Waals surface area contributed by atoms with Crippen molar-refractivity contribution >= 4 is 17.5 Å². The first kappa shape index (κ1) is 20.8. The van der Waals surface area contributed by atoms with Crippen molar-refractivity contribution < 1.29 is 14.3 Å². The van der Waals surface area contributed by atoms with E-state index in [2.05, 4.69) is 15.0 Å². The zero-order valence-electron chi connectivity index (χ0n) is 19.2. The van der Waals surface area contributed by atoms with Gasteiger partial charge in [-0.15, -0.1) is 0 Å². The van der Waals surface area contributed by atoms with Gasteiger partial charge in [0.05, 0.1) is 11.5 Å². The average Bonchev–Trinajstić information content (AvgIpc) is 3.58. The SMILES string of the molecule is CN(C)C(=O)c1ccc(-c2cnc(Cc3cnc4c(c3)N3C(=O)C5(CC5)C[C@H]3CO4)nc2)cc1. The van der Waals surface area contributed by atoms with Gasteiger partial charge < -0.3 is 14.5 Å². The quantitative estimate of drug-likeness (QED) is 0.601. The average molecular weight is 456 g/mol. The summed E-state index contributed by atoms with van der Waals surface area (Å²) in [5.74, 6) is 1.39. The van der Waals surface area contributed by atoms with Crippen LogP contribution in [-0.4, -0.2) is 58.4 Å². The van der Waals surface area contributed by atoms with Crippen molar-refractivity contribution in [1.82, 2.24) is 19.9 Å². The Kier molecular flexibility index (Phi) is 4.65. The van der Waals surface area contributed by atoms with Crippen molar-refractivity contribution in [2.24, 2.45) is 5.41 Å². The molecular formula is C26H25N5O3. The predicted octanol–water partition coefficient (Wildman–Crippen LogP) is 3.11. The molecule has 8 nitrogen and oxygen atoms in total. The first-order valence-electron chi connectivity index (χ1n) is 11.5. The summed E-state index contributed by atoms with van der Waals surface area (Å²) in [4.78, 5) is 42.1. The van der Waals surface area contributed by atoms with Gasteiger partial charge in [0.25, 0.3) is 5.91 Å². The summed E-state index contributed by atoms with van der Waals surface area (Å²) in [5.41, 5.74) is 4.02. The van der Waals surface area contributed by atoms with Crippen LogP contribution in [0.25, 0.3) is 11.1 Å². The molecule has 1 aliphatic carbocycles. The third-order valence-electron chi connectivity index (χ3n) is 7.02. The Hall–Kier alpha value is -3.81. The molecular weight excluding hydrogens is 430 g/mol. The highest BCUT2D eigenvalue weighted by Gasteiger charge is 2.60. The van der Waals surface area contributed by atoms with Crippen molar-refractivity contribution in [1.29, 1.82) is 0 Å².